The van der Waals surface area contributed by atoms with E-state index < -0.39 is 10.0 Å². The van der Waals surface area contributed by atoms with E-state index in [1.807, 2.05) is 19.9 Å². The Labute approximate surface area is 116 Å². The molecule has 0 radical (unpaired) electrons. The molecule has 1 aliphatic rings. The van der Waals surface area contributed by atoms with Crippen molar-refractivity contribution < 1.29 is 8.42 Å². The Morgan fingerprint density at radius 2 is 1.79 bits per heavy atom. The van der Waals surface area contributed by atoms with Gasteiger partial charge in [-0.1, -0.05) is 25.8 Å². The average Bonchev–Trinajstić information content (AvgIpc) is 2.35. The Bertz CT molecular complexity index is 551. The smallest absolute Gasteiger partial charge is 0.208 e. The highest BCUT2D eigenvalue weighted by molar-refractivity contribution is 7.89. The number of hydrogen-bond acceptors (Lipinski definition) is 2. The minimum atomic E-state index is -3.38. The molecule has 0 aliphatic heterocycles. The van der Waals surface area contributed by atoms with E-state index in [2.05, 4.69) is 11.6 Å². The molecule has 0 saturated heterocycles. The van der Waals surface area contributed by atoms with E-state index in [1.54, 1.807) is 12.1 Å². The number of aryl methyl sites for hydroxylation is 2. The summed E-state index contributed by atoms with van der Waals surface area (Å²) >= 11 is 0. The lowest BCUT2D eigenvalue weighted by Gasteiger charge is -2.29. The van der Waals surface area contributed by atoms with Crippen molar-refractivity contribution in [2.75, 3.05) is 0 Å². The maximum absolute atomic E-state index is 12.4. The first kappa shape index (κ1) is 14.5. The molecule has 0 heterocycles. The number of nitrogens with one attached hydrogen (secondary N) is 1. The van der Waals surface area contributed by atoms with E-state index in [0.717, 1.165) is 30.4 Å². The molecule has 106 valence electrons. The van der Waals surface area contributed by atoms with Gasteiger partial charge in [0.25, 0.3) is 0 Å². The molecule has 4 heteroatoms. The van der Waals surface area contributed by atoms with Crippen molar-refractivity contribution in [3.05, 3.63) is 29.3 Å². The van der Waals surface area contributed by atoms with Crippen LogP contribution in [-0.2, 0) is 10.0 Å². The third-order valence-electron chi connectivity index (χ3n) is 4.21. The summed E-state index contributed by atoms with van der Waals surface area (Å²) in [7, 11) is -3.38. The molecule has 0 spiro atoms. The summed E-state index contributed by atoms with van der Waals surface area (Å²) in [6.45, 7) is 6.06. The molecule has 1 aliphatic carbocycles. The Balaban J connectivity index is 2.19. The second-order valence-corrected chi connectivity index (χ2v) is 7.45. The highest BCUT2D eigenvalue weighted by Crippen LogP contribution is 2.25. The number of sulfonamides is 1. The van der Waals surface area contributed by atoms with Crippen molar-refractivity contribution in [1.82, 2.24) is 4.72 Å². The zero-order valence-corrected chi connectivity index (χ0v) is 12.8. The zero-order valence-electron chi connectivity index (χ0n) is 11.9. The normalized spacial score (nSPS) is 24.4. The van der Waals surface area contributed by atoms with E-state index in [9.17, 15) is 8.42 Å². The van der Waals surface area contributed by atoms with Gasteiger partial charge in [-0.15, -0.1) is 0 Å². The molecular formula is C15H23NO2S. The molecule has 1 aromatic carbocycles. The van der Waals surface area contributed by atoms with Crippen LogP contribution in [-0.4, -0.2) is 14.5 Å². The number of hydrogen-bond donors (Lipinski definition) is 1. The molecule has 0 aromatic heterocycles. The van der Waals surface area contributed by atoms with Crippen molar-refractivity contribution in [3.63, 3.8) is 0 Å². The minimum Gasteiger partial charge on any atom is -0.208 e. The van der Waals surface area contributed by atoms with Crippen molar-refractivity contribution >= 4 is 10.0 Å². The van der Waals surface area contributed by atoms with Crippen LogP contribution in [0, 0.1) is 19.8 Å². The van der Waals surface area contributed by atoms with Crippen molar-refractivity contribution in [2.45, 2.75) is 57.4 Å². The topological polar surface area (TPSA) is 46.2 Å². The van der Waals surface area contributed by atoms with Crippen LogP contribution in [0.5, 0.6) is 0 Å². The van der Waals surface area contributed by atoms with Crippen LogP contribution in [0.25, 0.3) is 0 Å². The van der Waals surface area contributed by atoms with Gasteiger partial charge in [-0.3, -0.25) is 0 Å². The van der Waals surface area contributed by atoms with Gasteiger partial charge in [-0.2, -0.15) is 0 Å². The van der Waals surface area contributed by atoms with E-state index in [4.69, 9.17) is 0 Å². The standard InChI is InChI=1S/C15H23NO2S/c1-11-8-9-14(10-13(11)3)19(17,18)16-15-7-5-4-6-12(15)2/h8-10,12,15-16H,4-7H2,1-3H3/t12-,15+/m0/s1. The Kier molecular flexibility index (Phi) is 4.31. The lowest BCUT2D eigenvalue weighted by molar-refractivity contribution is 0.310. The van der Waals surface area contributed by atoms with E-state index >= 15 is 0 Å². The van der Waals surface area contributed by atoms with Gasteiger partial charge in [0.05, 0.1) is 4.90 Å². The Morgan fingerprint density at radius 1 is 1.11 bits per heavy atom. The first-order valence-corrected chi connectivity index (χ1v) is 8.48. The SMILES string of the molecule is Cc1ccc(S(=O)(=O)N[C@@H]2CCCC[C@@H]2C)cc1C. The van der Waals surface area contributed by atoms with E-state index in [1.165, 1.54) is 6.42 Å². The number of rotatable bonds is 3. The summed E-state index contributed by atoms with van der Waals surface area (Å²) in [6, 6.07) is 5.40. The molecule has 2 atom stereocenters. The summed E-state index contributed by atoms with van der Waals surface area (Å²) in [4.78, 5) is 0.383. The van der Waals surface area contributed by atoms with Gasteiger partial charge in [0.2, 0.25) is 10.0 Å². The van der Waals surface area contributed by atoms with Gasteiger partial charge < -0.3 is 0 Å². The lowest BCUT2D eigenvalue weighted by Crippen LogP contribution is -2.40. The van der Waals surface area contributed by atoms with Gasteiger partial charge in [0.15, 0.2) is 0 Å². The van der Waals surface area contributed by atoms with Crippen LogP contribution < -0.4 is 4.72 Å². The zero-order chi connectivity index (χ0) is 14.0. The molecule has 1 aromatic rings. The van der Waals surface area contributed by atoms with Gasteiger partial charge in [-0.05, 0) is 55.9 Å². The molecule has 0 amide bonds. The summed E-state index contributed by atoms with van der Waals surface area (Å²) in [5, 5.41) is 0. The summed E-state index contributed by atoms with van der Waals surface area (Å²) in [5.41, 5.74) is 2.13. The summed E-state index contributed by atoms with van der Waals surface area (Å²) in [6.07, 6.45) is 4.39. The molecule has 19 heavy (non-hydrogen) atoms. The summed E-state index contributed by atoms with van der Waals surface area (Å²) in [5.74, 6) is 0.426. The maximum Gasteiger partial charge on any atom is 0.240 e. The minimum absolute atomic E-state index is 0.0837. The summed E-state index contributed by atoms with van der Waals surface area (Å²) < 4.78 is 27.7. The molecule has 0 unspecified atom stereocenters. The quantitative estimate of drug-likeness (QED) is 0.925. The Hall–Kier alpha value is -0.870. The van der Waals surface area contributed by atoms with Crippen LogP contribution in [0.2, 0.25) is 0 Å². The molecular weight excluding hydrogens is 258 g/mol. The molecule has 2 rings (SSSR count). The first-order chi connectivity index (χ1) is 8.90. The maximum atomic E-state index is 12.4. The second kappa shape index (κ2) is 5.63. The van der Waals surface area contributed by atoms with Gasteiger partial charge in [-0.25, -0.2) is 13.1 Å². The predicted octanol–water partition coefficient (Wildman–Crippen LogP) is 3.16. The highest BCUT2D eigenvalue weighted by Gasteiger charge is 2.26. The fourth-order valence-electron chi connectivity index (χ4n) is 2.64. The molecule has 1 N–H and O–H groups in total. The fraction of sp³-hybridized carbons (Fsp3) is 0.600. The van der Waals surface area contributed by atoms with Crippen LogP contribution >= 0.6 is 0 Å². The lowest BCUT2D eigenvalue weighted by atomic mass is 9.87. The molecule has 0 bridgehead atoms. The van der Waals surface area contributed by atoms with Crippen molar-refractivity contribution in [1.29, 1.82) is 0 Å². The third kappa shape index (κ3) is 3.37. The van der Waals surface area contributed by atoms with Gasteiger partial charge in [0, 0.05) is 6.04 Å². The van der Waals surface area contributed by atoms with E-state index in [-0.39, 0.29) is 6.04 Å². The van der Waals surface area contributed by atoms with Crippen LogP contribution in [0.4, 0.5) is 0 Å². The average molecular weight is 281 g/mol. The van der Waals surface area contributed by atoms with Crippen LogP contribution in [0.1, 0.15) is 43.7 Å². The van der Waals surface area contributed by atoms with Crippen molar-refractivity contribution in [2.24, 2.45) is 5.92 Å². The molecule has 3 nitrogen and oxygen atoms in total. The fourth-order valence-corrected chi connectivity index (χ4v) is 4.10. The molecule has 1 saturated carbocycles. The highest BCUT2D eigenvalue weighted by atomic mass is 32.2. The Morgan fingerprint density at radius 3 is 2.42 bits per heavy atom. The molecule has 1 fully saturated rings. The number of benzene rings is 1. The third-order valence-corrected chi connectivity index (χ3v) is 5.69. The largest absolute Gasteiger partial charge is 0.240 e. The van der Waals surface area contributed by atoms with Gasteiger partial charge in [0.1, 0.15) is 0 Å². The van der Waals surface area contributed by atoms with Crippen molar-refractivity contribution in [3.8, 4) is 0 Å². The van der Waals surface area contributed by atoms with Crippen LogP contribution in [0.15, 0.2) is 23.1 Å². The monoisotopic (exact) mass is 281 g/mol. The second-order valence-electron chi connectivity index (χ2n) is 5.74. The first-order valence-electron chi connectivity index (χ1n) is 7.00. The van der Waals surface area contributed by atoms with E-state index in [0.29, 0.717) is 10.8 Å². The predicted molar refractivity (Wildman–Crippen MR) is 77.7 cm³/mol. The van der Waals surface area contributed by atoms with Gasteiger partial charge >= 0.3 is 0 Å². The van der Waals surface area contributed by atoms with Crippen LogP contribution in [0.3, 0.4) is 0 Å².